The molecule has 1 spiro atoms. The number of nitrogens with zero attached hydrogens (tertiary/aromatic N) is 5. The highest BCUT2D eigenvalue weighted by Crippen LogP contribution is 2.44. The largest absolute Gasteiger partial charge is 0.375 e. The molecule has 0 N–H and O–H groups in total. The molecule has 6 nitrogen and oxygen atoms in total. The Kier molecular flexibility index (Phi) is 5.13. The molecule has 4 rings (SSSR count). The minimum absolute atomic E-state index is 0.277. The van der Waals surface area contributed by atoms with E-state index < -0.39 is 0 Å². The summed E-state index contributed by atoms with van der Waals surface area (Å²) in [5, 5.41) is 0. The zero-order valence-corrected chi connectivity index (χ0v) is 15.4. The molecule has 4 heterocycles. The molecular formula is C20H27N5O. The lowest BCUT2D eigenvalue weighted by atomic mass is 9.77. The van der Waals surface area contributed by atoms with E-state index in [2.05, 4.69) is 31.7 Å². The second kappa shape index (κ2) is 7.68. The first-order chi connectivity index (χ1) is 12.8. The Hall–Kier alpha value is -2.05. The van der Waals surface area contributed by atoms with Crippen LogP contribution in [0.25, 0.3) is 0 Å². The van der Waals surface area contributed by atoms with E-state index in [4.69, 9.17) is 4.74 Å². The molecule has 0 bridgehead atoms. The number of pyridine rings is 1. The van der Waals surface area contributed by atoms with Crippen molar-refractivity contribution >= 4 is 5.95 Å². The van der Waals surface area contributed by atoms with E-state index >= 15 is 0 Å². The minimum atomic E-state index is 0.277. The van der Waals surface area contributed by atoms with Crippen molar-refractivity contribution in [1.29, 1.82) is 0 Å². The maximum atomic E-state index is 6.09. The van der Waals surface area contributed by atoms with Gasteiger partial charge in [-0.05, 0) is 31.2 Å². The first-order valence-electron chi connectivity index (χ1n) is 9.51. The van der Waals surface area contributed by atoms with E-state index in [1.165, 1.54) is 6.42 Å². The smallest absolute Gasteiger partial charge is 0.225 e. The van der Waals surface area contributed by atoms with E-state index in [9.17, 15) is 0 Å². The molecule has 138 valence electrons. The molecule has 0 aliphatic carbocycles. The van der Waals surface area contributed by atoms with E-state index in [-0.39, 0.29) is 5.41 Å². The van der Waals surface area contributed by atoms with Crippen LogP contribution in [-0.2, 0) is 11.3 Å². The number of hydrogen-bond donors (Lipinski definition) is 0. The van der Waals surface area contributed by atoms with Gasteiger partial charge in [0, 0.05) is 56.1 Å². The lowest BCUT2D eigenvalue weighted by Crippen LogP contribution is -2.36. The fraction of sp³-hybridized carbons (Fsp3) is 0.550. The monoisotopic (exact) mass is 353 g/mol. The third-order valence-corrected chi connectivity index (χ3v) is 5.85. The number of hydrogen-bond acceptors (Lipinski definition) is 6. The van der Waals surface area contributed by atoms with Gasteiger partial charge in [0.05, 0.1) is 18.9 Å². The van der Waals surface area contributed by atoms with Crippen LogP contribution >= 0.6 is 0 Å². The van der Waals surface area contributed by atoms with Crippen molar-refractivity contribution in [2.75, 3.05) is 44.2 Å². The van der Waals surface area contributed by atoms with Gasteiger partial charge in [-0.15, -0.1) is 0 Å². The third-order valence-electron chi connectivity index (χ3n) is 5.85. The molecule has 0 saturated carbocycles. The van der Waals surface area contributed by atoms with Gasteiger partial charge in [0.1, 0.15) is 0 Å². The van der Waals surface area contributed by atoms with Crippen LogP contribution < -0.4 is 4.90 Å². The predicted octanol–water partition coefficient (Wildman–Crippen LogP) is 2.24. The second-order valence-corrected chi connectivity index (χ2v) is 7.44. The molecule has 6 heteroatoms. The van der Waals surface area contributed by atoms with Crippen LogP contribution in [-0.4, -0.2) is 59.2 Å². The van der Waals surface area contributed by atoms with Crippen molar-refractivity contribution in [3.05, 3.63) is 48.5 Å². The van der Waals surface area contributed by atoms with Crippen molar-refractivity contribution in [1.82, 2.24) is 19.9 Å². The van der Waals surface area contributed by atoms with Gasteiger partial charge >= 0.3 is 0 Å². The van der Waals surface area contributed by atoms with E-state index in [0.717, 1.165) is 51.0 Å². The summed E-state index contributed by atoms with van der Waals surface area (Å²) in [6.45, 7) is 9.02. The molecule has 0 unspecified atom stereocenters. The topological polar surface area (TPSA) is 54.4 Å². The van der Waals surface area contributed by atoms with Crippen molar-refractivity contribution in [2.24, 2.45) is 11.3 Å². The fourth-order valence-electron chi connectivity index (χ4n) is 4.39. The van der Waals surface area contributed by atoms with E-state index in [1.807, 2.05) is 42.9 Å². The summed E-state index contributed by atoms with van der Waals surface area (Å²) in [4.78, 5) is 18.1. The Morgan fingerprint density at radius 2 is 1.96 bits per heavy atom. The molecule has 2 aliphatic heterocycles. The van der Waals surface area contributed by atoms with Gasteiger partial charge in [0.25, 0.3) is 0 Å². The first-order valence-corrected chi connectivity index (χ1v) is 9.51. The molecule has 2 aromatic heterocycles. The Morgan fingerprint density at radius 1 is 1.12 bits per heavy atom. The Bertz CT molecular complexity index is 698. The molecule has 2 fully saturated rings. The maximum absolute atomic E-state index is 6.09. The van der Waals surface area contributed by atoms with Crippen LogP contribution in [0.5, 0.6) is 0 Å². The lowest BCUT2D eigenvalue weighted by molar-refractivity contribution is 0.0545. The number of likely N-dealkylation sites (tertiary alicyclic amines) is 1. The average molecular weight is 353 g/mol. The van der Waals surface area contributed by atoms with Crippen molar-refractivity contribution < 1.29 is 4.74 Å². The third kappa shape index (κ3) is 3.57. The van der Waals surface area contributed by atoms with Crippen LogP contribution in [0.15, 0.2) is 42.9 Å². The van der Waals surface area contributed by atoms with Crippen molar-refractivity contribution in [3.63, 3.8) is 0 Å². The van der Waals surface area contributed by atoms with Gasteiger partial charge in [0.15, 0.2) is 0 Å². The predicted molar refractivity (Wildman–Crippen MR) is 101 cm³/mol. The summed E-state index contributed by atoms with van der Waals surface area (Å²) in [5.41, 5.74) is 1.27. The van der Waals surface area contributed by atoms with Crippen LogP contribution in [0.2, 0.25) is 0 Å². The summed E-state index contributed by atoms with van der Waals surface area (Å²) in [6, 6.07) is 7.84. The highest BCUT2D eigenvalue weighted by atomic mass is 16.5. The number of anilines is 1. The average Bonchev–Trinajstić information content (AvgIpc) is 3.28. The van der Waals surface area contributed by atoms with Gasteiger partial charge in [-0.2, -0.15) is 0 Å². The van der Waals surface area contributed by atoms with Gasteiger partial charge in [-0.1, -0.05) is 13.0 Å². The molecule has 2 aliphatic rings. The second-order valence-electron chi connectivity index (χ2n) is 7.44. The molecule has 2 saturated heterocycles. The molecule has 0 radical (unpaired) electrons. The SMILES string of the molecule is CCN1C[C@H](COCc2ccccn2)[C@]2(CCN(c3ncccn3)C2)C1. The van der Waals surface area contributed by atoms with Gasteiger partial charge in [-0.25, -0.2) is 9.97 Å². The summed E-state index contributed by atoms with van der Waals surface area (Å²) < 4.78 is 6.09. The van der Waals surface area contributed by atoms with Crippen LogP contribution in [0.3, 0.4) is 0 Å². The zero-order chi connectivity index (χ0) is 17.8. The molecular weight excluding hydrogens is 326 g/mol. The highest BCUT2D eigenvalue weighted by Gasteiger charge is 2.50. The standard InChI is InChI=1S/C20H27N5O/c1-2-24-12-17(13-26-14-18-6-3-4-8-21-18)20(15-24)7-11-25(16-20)19-22-9-5-10-23-19/h3-6,8-10,17H,2,7,11-16H2,1H3/t17-,20-/m1/s1. The molecule has 0 amide bonds. The van der Waals surface area contributed by atoms with Crippen molar-refractivity contribution in [2.45, 2.75) is 20.0 Å². The van der Waals surface area contributed by atoms with E-state index in [1.54, 1.807) is 0 Å². The number of rotatable bonds is 6. The summed E-state index contributed by atoms with van der Waals surface area (Å²) in [7, 11) is 0. The fourth-order valence-corrected chi connectivity index (χ4v) is 4.39. The molecule has 26 heavy (non-hydrogen) atoms. The first kappa shape index (κ1) is 17.4. The summed E-state index contributed by atoms with van der Waals surface area (Å²) in [6.07, 6.45) is 6.66. The Balaban J connectivity index is 1.41. The molecule has 2 aromatic rings. The summed E-state index contributed by atoms with van der Waals surface area (Å²) in [5.74, 6) is 1.40. The lowest BCUT2D eigenvalue weighted by Gasteiger charge is -2.30. The highest BCUT2D eigenvalue weighted by molar-refractivity contribution is 5.32. The number of aromatic nitrogens is 3. The van der Waals surface area contributed by atoms with Crippen LogP contribution in [0.4, 0.5) is 5.95 Å². The zero-order valence-electron chi connectivity index (χ0n) is 15.4. The Morgan fingerprint density at radius 3 is 2.73 bits per heavy atom. The van der Waals surface area contributed by atoms with Crippen LogP contribution in [0.1, 0.15) is 19.0 Å². The maximum Gasteiger partial charge on any atom is 0.225 e. The number of ether oxygens (including phenoxy) is 1. The summed E-state index contributed by atoms with van der Waals surface area (Å²) >= 11 is 0. The normalized spacial score (nSPS) is 26.0. The van der Waals surface area contributed by atoms with Crippen LogP contribution in [0, 0.1) is 11.3 Å². The van der Waals surface area contributed by atoms with Gasteiger partial charge in [0.2, 0.25) is 5.95 Å². The molecule has 0 aromatic carbocycles. The molecule has 2 atom stereocenters. The minimum Gasteiger partial charge on any atom is -0.375 e. The quantitative estimate of drug-likeness (QED) is 0.794. The van der Waals surface area contributed by atoms with Gasteiger partial charge in [-0.3, -0.25) is 4.98 Å². The van der Waals surface area contributed by atoms with Crippen molar-refractivity contribution in [3.8, 4) is 0 Å². The van der Waals surface area contributed by atoms with Gasteiger partial charge < -0.3 is 14.5 Å². The van der Waals surface area contributed by atoms with E-state index in [0.29, 0.717) is 12.5 Å². The Labute approximate surface area is 155 Å².